The van der Waals surface area contributed by atoms with Crippen LogP contribution in [0.25, 0.3) is 6.08 Å². The fourth-order valence-corrected chi connectivity index (χ4v) is 3.62. The summed E-state index contributed by atoms with van der Waals surface area (Å²) in [6.45, 7) is -0.322. The van der Waals surface area contributed by atoms with Crippen LogP contribution in [-0.2, 0) is 9.59 Å². The summed E-state index contributed by atoms with van der Waals surface area (Å²) >= 11 is 2.34. The number of imide groups is 1. The molecule has 6 nitrogen and oxygen atoms in total. The molecule has 128 valence electrons. The number of thiophene rings is 1. The zero-order valence-corrected chi connectivity index (χ0v) is 14.9. The number of hydrogen-bond acceptors (Lipinski definition) is 6. The molecule has 1 aliphatic rings. The summed E-state index contributed by atoms with van der Waals surface area (Å²) in [5.74, 6) is -0.224. The molecule has 0 unspecified atom stereocenters. The second-order valence-electron chi connectivity index (χ2n) is 5.10. The first-order valence-electron chi connectivity index (χ1n) is 7.28. The number of hydrogen-bond donors (Lipinski definition) is 1. The van der Waals surface area contributed by atoms with Crippen LogP contribution in [0.5, 0.6) is 5.75 Å². The van der Waals surface area contributed by atoms with E-state index >= 15 is 0 Å². The standard InChI is InChI=1S/C17H14N2O4S2/c1-23-13-4-2-12(3-5-13)18-15(20)9-19-16(21)14(25-17(19)22)8-11-6-7-24-10-11/h2-8,10H,9H2,1H3,(H,18,20)/b14-8+. The SMILES string of the molecule is COc1ccc(NC(=O)CN2C(=O)S/C(=C/c3ccsc3)C2=O)cc1. The van der Waals surface area contributed by atoms with Gasteiger partial charge >= 0.3 is 0 Å². The van der Waals surface area contributed by atoms with Gasteiger partial charge in [0.25, 0.3) is 11.1 Å². The highest BCUT2D eigenvalue weighted by Crippen LogP contribution is 2.32. The zero-order valence-electron chi connectivity index (χ0n) is 13.2. The van der Waals surface area contributed by atoms with Gasteiger partial charge in [-0.15, -0.1) is 0 Å². The Hall–Kier alpha value is -2.58. The van der Waals surface area contributed by atoms with Crippen LogP contribution in [0, 0.1) is 0 Å². The molecule has 1 fully saturated rings. The molecule has 0 radical (unpaired) electrons. The maximum atomic E-state index is 12.3. The molecule has 25 heavy (non-hydrogen) atoms. The van der Waals surface area contributed by atoms with E-state index in [1.165, 1.54) is 11.3 Å². The van der Waals surface area contributed by atoms with Gasteiger partial charge in [0.15, 0.2) is 0 Å². The van der Waals surface area contributed by atoms with Gasteiger partial charge in [-0.05, 0) is 64.5 Å². The van der Waals surface area contributed by atoms with E-state index in [0.29, 0.717) is 16.3 Å². The van der Waals surface area contributed by atoms with Crippen LogP contribution in [-0.4, -0.2) is 35.6 Å². The van der Waals surface area contributed by atoms with Gasteiger partial charge in [-0.25, -0.2) is 0 Å². The molecule has 1 aliphatic heterocycles. The number of carbonyl (C=O) groups excluding carboxylic acids is 3. The molecule has 3 rings (SSSR count). The summed E-state index contributed by atoms with van der Waals surface area (Å²) in [6, 6.07) is 8.63. The first-order valence-corrected chi connectivity index (χ1v) is 9.04. The lowest BCUT2D eigenvalue weighted by Gasteiger charge is -2.12. The zero-order chi connectivity index (χ0) is 17.8. The topological polar surface area (TPSA) is 75.7 Å². The lowest BCUT2D eigenvalue weighted by atomic mass is 10.3. The Bertz CT molecular complexity index is 829. The molecule has 2 aromatic rings. The van der Waals surface area contributed by atoms with Crippen molar-refractivity contribution in [3.05, 3.63) is 51.6 Å². The van der Waals surface area contributed by atoms with Crippen LogP contribution < -0.4 is 10.1 Å². The third-order valence-corrected chi connectivity index (χ3v) is 5.00. The highest BCUT2D eigenvalue weighted by molar-refractivity contribution is 8.18. The maximum absolute atomic E-state index is 12.3. The largest absolute Gasteiger partial charge is 0.497 e. The van der Waals surface area contributed by atoms with Crippen LogP contribution in [0.4, 0.5) is 10.5 Å². The molecule has 1 saturated heterocycles. The second kappa shape index (κ2) is 7.54. The fourth-order valence-electron chi connectivity index (χ4n) is 2.16. The number of nitrogens with one attached hydrogen (secondary N) is 1. The van der Waals surface area contributed by atoms with E-state index in [2.05, 4.69) is 5.32 Å². The van der Waals surface area contributed by atoms with E-state index < -0.39 is 17.1 Å². The third-order valence-electron chi connectivity index (χ3n) is 3.39. The van der Waals surface area contributed by atoms with E-state index in [-0.39, 0.29) is 6.54 Å². The monoisotopic (exact) mass is 374 g/mol. The van der Waals surface area contributed by atoms with Gasteiger partial charge in [0.2, 0.25) is 5.91 Å². The summed E-state index contributed by atoms with van der Waals surface area (Å²) in [4.78, 5) is 37.8. The summed E-state index contributed by atoms with van der Waals surface area (Å²) in [5, 5.41) is 5.97. The van der Waals surface area contributed by atoms with Crippen molar-refractivity contribution in [3.63, 3.8) is 0 Å². The highest BCUT2D eigenvalue weighted by Gasteiger charge is 2.36. The smallest absolute Gasteiger partial charge is 0.294 e. The van der Waals surface area contributed by atoms with Gasteiger partial charge in [-0.3, -0.25) is 19.3 Å². The summed E-state index contributed by atoms with van der Waals surface area (Å²) in [6.07, 6.45) is 1.66. The van der Waals surface area contributed by atoms with Crippen molar-refractivity contribution in [1.29, 1.82) is 0 Å². The normalized spacial score (nSPS) is 15.7. The molecule has 0 bridgehead atoms. The fraction of sp³-hybridized carbons (Fsp3) is 0.118. The van der Waals surface area contributed by atoms with Gasteiger partial charge < -0.3 is 10.1 Å². The third kappa shape index (κ3) is 4.09. The average molecular weight is 374 g/mol. The minimum absolute atomic E-state index is 0.320. The minimum atomic E-state index is -0.453. The Morgan fingerprint density at radius 3 is 2.64 bits per heavy atom. The van der Waals surface area contributed by atoms with Gasteiger partial charge in [0.05, 0.1) is 12.0 Å². The predicted molar refractivity (Wildman–Crippen MR) is 98.6 cm³/mol. The van der Waals surface area contributed by atoms with Crippen molar-refractivity contribution >= 4 is 51.9 Å². The molecule has 0 atom stereocenters. The van der Waals surface area contributed by atoms with E-state index in [1.54, 1.807) is 37.5 Å². The number of carbonyl (C=O) groups is 3. The lowest BCUT2D eigenvalue weighted by Crippen LogP contribution is -2.36. The molecule has 1 N–H and O–H groups in total. The number of methoxy groups -OCH3 is 1. The molecule has 1 aromatic carbocycles. The summed E-state index contributed by atoms with van der Waals surface area (Å²) < 4.78 is 5.05. The van der Waals surface area contributed by atoms with E-state index in [9.17, 15) is 14.4 Å². The number of rotatable bonds is 5. The maximum Gasteiger partial charge on any atom is 0.294 e. The van der Waals surface area contributed by atoms with Crippen LogP contribution >= 0.6 is 23.1 Å². The van der Waals surface area contributed by atoms with Gasteiger partial charge in [0.1, 0.15) is 12.3 Å². The van der Waals surface area contributed by atoms with Crippen molar-refractivity contribution in [2.45, 2.75) is 0 Å². The number of amides is 3. The molecule has 8 heteroatoms. The highest BCUT2D eigenvalue weighted by atomic mass is 32.2. The molecule has 0 spiro atoms. The summed E-state index contributed by atoms with van der Waals surface area (Å²) in [5.41, 5.74) is 1.42. The molecule has 0 saturated carbocycles. The minimum Gasteiger partial charge on any atom is -0.497 e. The number of thioether (sulfide) groups is 1. The Kier molecular flexibility index (Phi) is 5.20. The Morgan fingerprint density at radius 2 is 2.00 bits per heavy atom. The molecular weight excluding hydrogens is 360 g/mol. The van der Waals surface area contributed by atoms with Crippen molar-refractivity contribution in [2.75, 3.05) is 19.0 Å². The Labute approximate surface area is 152 Å². The van der Waals surface area contributed by atoms with Gasteiger partial charge in [0, 0.05) is 5.69 Å². The second-order valence-corrected chi connectivity index (χ2v) is 6.87. The van der Waals surface area contributed by atoms with Crippen molar-refractivity contribution in [3.8, 4) is 5.75 Å². The van der Waals surface area contributed by atoms with Gasteiger partial charge in [-0.2, -0.15) is 11.3 Å². The van der Waals surface area contributed by atoms with Crippen LogP contribution in [0.1, 0.15) is 5.56 Å². The number of ether oxygens (including phenoxy) is 1. The average Bonchev–Trinajstić information content (AvgIpc) is 3.20. The Morgan fingerprint density at radius 1 is 1.24 bits per heavy atom. The van der Waals surface area contributed by atoms with E-state index in [4.69, 9.17) is 4.74 Å². The lowest BCUT2D eigenvalue weighted by molar-refractivity contribution is -0.127. The Balaban J connectivity index is 1.64. The summed E-state index contributed by atoms with van der Waals surface area (Å²) in [7, 11) is 1.55. The van der Waals surface area contributed by atoms with Crippen LogP contribution in [0.3, 0.4) is 0 Å². The predicted octanol–water partition coefficient (Wildman–Crippen LogP) is 3.43. The van der Waals surface area contributed by atoms with Crippen molar-refractivity contribution in [2.24, 2.45) is 0 Å². The quantitative estimate of drug-likeness (QED) is 0.812. The number of anilines is 1. The van der Waals surface area contributed by atoms with E-state index in [1.807, 2.05) is 16.8 Å². The number of nitrogens with zero attached hydrogens (tertiary/aromatic N) is 1. The molecule has 2 heterocycles. The number of benzene rings is 1. The van der Waals surface area contributed by atoms with E-state index in [0.717, 1.165) is 22.2 Å². The first-order chi connectivity index (χ1) is 12.1. The van der Waals surface area contributed by atoms with Crippen LogP contribution in [0.2, 0.25) is 0 Å². The first kappa shape index (κ1) is 17.2. The molecule has 0 aliphatic carbocycles. The van der Waals surface area contributed by atoms with Crippen molar-refractivity contribution in [1.82, 2.24) is 4.90 Å². The molecule has 1 aromatic heterocycles. The molecular formula is C17H14N2O4S2. The molecule has 3 amide bonds. The van der Waals surface area contributed by atoms with Crippen molar-refractivity contribution < 1.29 is 19.1 Å². The van der Waals surface area contributed by atoms with Crippen LogP contribution in [0.15, 0.2) is 46.0 Å². The van der Waals surface area contributed by atoms with Gasteiger partial charge in [-0.1, -0.05) is 0 Å².